The predicted molar refractivity (Wildman–Crippen MR) is 127 cm³/mol. The Bertz CT molecular complexity index is 747. The molecule has 0 bridgehead atoms. The molecule has 0 fully saturated rings. The van der Waals surface area contributed by atoms with E-state index >= 15 is 0 Å². The van der Waals surface area contributed by atoms with Crippen molar-refractivity contribution < 1.29 is 4.79 Å². The van der Waals surface area contributed by atoms with Crippen LogP contribution in [0.5, 0.6) is 0 Å². The lowest BCUT2D eigenvalue weighted by molar-refractivity contribution is -0.127. The predicted octanol–water partition coefficient (Wildman–Crippen LogP) is 3.23. The van der Waals surface area contributed by atoms with E-state index in [4.69, 9.17) is 0 Å². The van der Waals surface area contributed by atoms with Gasteiger partial charge in [-0.15, -0.1) is 24.0 Å². The van der Waals surface area contributed by atoms with Crippen LogP contribution in [0.2, 0.25) is 0 Å². The van der Waals surface area contributed by atoms with Crippen molar-refractivity contribution in [1.29, 1.82) is 0 Å². The van der Waals surface area contributed by atoms with Gasteiger partial charge in [-0.1, -0.05) is 61.5 Å². The van der Waals surface area contributed by atoms with E-state index in [0.29, 0.717) is 12.5 Å². The highest BCUT2D eigenvalue weighted by Gasteiger charge is 2.06. The summed E-state index contributed by atoms with van der Waals surface area (Å²) in [5.74, 6) is 0.675. The van der Waals surface area contributed by atoms with E-state index in [1.54, 1.807) is 19.0 Å². The SMILES string of the molecule is CCc1ccccc1CN=C(NCCc1ccccc1)NCC(=O)N(C)C.I. The number of hydrogen-bond donors (Lipinski definition) is 2. The van der Waals surface area contributed by atoms with Gasteiger partial charge in [0.1, 0.15) is 0 Å². The summed E-state index contributed by atoms with van der Waals surface area (Å²) in [4.78, 5) is 18.2. The van der Waals surface area contributed by atoms with Gasteiger partial charge in [0.25, 0.3) is 0 Å². The van der Waals surface area contributed by atoms with Gasteiger partial charge < -0.3 is 15.5 Å². The Kier molecular flexibility index (Phi) is 11.2. The number of guanidine groups is 1. The van der Waals surface area contributed by atoms with Crippen molar-refractivity contribution in [3.63, 3.8) is 0 Å². The molecule has 0 aromatic heterocycles. The highest BCUT2D eigenvalue weighted by molar-refractivity contribution is 14.0. The van der Waals surface area contributed by atoms with Gasteiger partial charge in [0, 0.05) is 20.6 Å². The third-order valence-electron chi connectivity index (χ3n) is 4.36. The Morgan fingerprint density at radius 3 is 2.25 bits per heavy atom. The van der Waals surface area contributed by atoms with Gasteiger partial charge >= 0.3 is 0 Å². The first-order valence-corrected chi connectivity index (χ1v) is 9.43. The van der Waals surface area contributed by atoms with Crippen LogP contribution in [0, 0.1) is 0 Å². The second-order valence-electron chi connectivity index (χ2n) is 6.59. The van der Waals surface area contributed by atoms with Crippen molar-refractivity contribution in [3.8, 4) is 0 Å². The van der Waals surface area contributed by atoms with Gasteiger partial charge in [-0.2, -0.15) is 0 Å². The number of benzene rings is 2. The van der Waals surface area contributed by atoms with Gasteiger partial charge in [0.15, 0.2) is 5.96 Å². The first kappa shape index (κ1) is 23.9. The maximum atomic E-state index is 11.9. The van der Waals surface area contributed by atoms with Crippen LogP contribution in [-0.2, 0) is 24.2 Å². The summed E-state index contributed by atoms with van der Waals surface area (Å²) in [6.07, 6.45) is 1.88. The molecule has 5 nitrogen and oxygen atoms in total. The molecule has 0 saturated carbocycles. The summed E-state index contributed by atoms with van der Waals surface area (Å²) < 4.78 is 0. The zero-order valence-electron chi connectivity index (χ0n) is 16.9. The first-order chi connectivity index (χ1) is 13.1. The number of halogens is 1. The molecule has 28 heavy (non-hydrogen) atoms. The average molecular weight is 494 g/mol. The van der Waals surface area contributed by atoms with E-state index in [9.17, 15) is 4.79 Å². The molecule has 0 aliphatic heterocycles. The van der Waals surface area contributed by atoms with E-state index in [2.05, 4.69) is 52.9 Å². The number of aliphatic imine (C=N–C) groups is 1. The standard InChI is InChI=1S/C22H30N4O.HI/c1-4-19-12-8-9-13-20(19)16-24-22(25-17-21(27)26(2)3)23-15-14-18-10-6-5-7-11-18;/h5-13H,4,14-17H2,1-3H3,(H2,23,24,25);1H. The summed E-state index contributed by atoms with van der Waals surface area (Å²) in [5, 5.41) is 6.48. The van der Waals surface area contributed by atoms with E-state index < -0.39 is 0 Å². The van der Waals surface area contributed by atoms with E-state index in [1.807, 2.05) is 24.3 Å². The van der Waals surface area contributed by atoms with Crippen molar-refractivity contribution in [1.82, 2.24) is 15.5 Å². The number of likely N-dealkylation sites (N-methyl/N-ethyl adjacent to an activating group) is 1. The molecular weight excluding hydrogens is 463 g/mol. The molecule has 1 amide bonds. The number of carbonyl (C=O) groups is 1. The number of carbonyl (C=O) groups excluding carboxylic acids is 1. The third kappa shape index (κ3) is 8.29. The molecule has 2 aromatic rings. The van der Waals surface area contributed by atoms with Crippen LogP contribution in [0.3, 0.4) is 0 Å². The summed E-state index contributed by atoms with van der Waals surface area (Å²) in [7, 11) is 3.50. The van der Waals surface area contributed by atoms with Crippen LogP contribution in [-0.4, -0.2) is 44.0 Å². The number of rotatable bonds is 8. The van der Waals surface area contributed by atoms with Gasteiger partial charge in [-0.3, -0.25) is 4.79 Å². The van der Waals surface area contributed by atoms with E-state index in [0.717, 1.165) is 19.4 Å². The minimum absolute atomic E-state index is 0. The van der Waals surface area contributed by atoms with Crippen LogP contribution in [0.1, 0.15) is 23.6 Å². The molecule has 0 unspecified atom stereocenters. The Labute approximate surface area is 185 Å². The fourth-order valence-electron chi connectivity index (χ4n) is 2.68. The van der Waals surface area contributed by atoms with Gasteiger partial charge in [-0.05, 0) is 29.5 Å². The van der Waals surface area contributed by atoms with Gasteiger partial charge in [-0.25, -0.2) is 4.99 Å². The van der Waals surface area contributed by atoms with Crippen LogP contribution >= 0.6 is 24.0 Å². The molecule has 2 rings (SSSR count). The fraction of sp³-hybridized carbons (Fsp3) is 0.364. The molecule has 0 spiro atoms. The maximum absolute atomic E-state index is 11.9. The number of hydrogen-bond acceptors (Lipinski definition) is 2. The average Bonchev–Trinajstić information content (AvgIpc) is 2.70. The molecule has 2 aromatic carbocycles. The van der Waals surface area contributed by atoms with Crippen LogP contribution < -0.4 is 10.6 Å². The zero-order chi connectivity index (χ0) is 19.5. The van der Waals surface area contributed by atoms with Crippen LogP contribution in [0.15, 0.2) is 59.6 Å². The minimum Gasteiger partial charge on any atom is -0.356 e. The van der Waals surface area contributed by atoms with Crippen molar-refractivity contribution >= 4 is 35.8 Å². The zero-order valence-corrected chi connectivity index (χ0v) is 19.3. The highest BCUT2D eigenvalue weighted by atomic mass is 127. The number of nitrogens with one attached hydrogen (secondary N) is 2. The Balaban J connectivity index is 0.00000392. The monoisotopic (exact) mass is 494 g/mol. The van der Waals surface area contributed by atoms with Crippen LogP contribution in [0.4, 0.5) is 0 Å². The van der Waals surface area contributed by atoms with Crippen molar-refractivity contribution in [3.05, 3.63) is 71.3 Å². The molecule has 0 radical (unpaired) electrons. The molecule has 0 atom stereocenters. The smallest absolute Gasteiger partial charge is 0.241 e. The van der Waals surface area contributed by atoms with Crippen LogP contribution in [0.25, 0.3) is 0 Å². The Morgan fingerprint density at radius 1 is 0.964 bits per heavy atom. The summed E-state index contributed by atoms with van der Waals surface area (Å²) in [6, 6.07) is 18.7. The maximum Gasteiger partial charge on any atom is 0.241 e. The van der Waals surface area contributed by atoms with E-state index in [1.165, 1.54) is 16.7 Å². The lowest BCUT2D eigenvalue weighted by Crippen LogP contribution is -2.43. The summed E-state index contributed by atoms with van der Waals surface area (Å²) in [6.45, 7) is 3.71. The summed E-state index contributed by atoms with van der Waals surface area (Å²) in [5.41, 5.74) is 3.78. The normalized spacial score (nSPS) is 10.8. The van der Waals surface area contributed by atoms with Crippen molar-refractivity contribution in [2.75, 3.05) is 27.2 Å². The second kappa shape index (κ2) is 13.1. The lowest BCUT2D eigenvalue weighted by Gasteiger charge is -2.15. The third-order valence-corrected chi connectivity index (χ3v) is 4.36. The van der Waals surface area contributed by atoms with Crippen molar-refractivity contribution in [2.45, 2.75) is 26.3 Å². The van der Waals surface area contributed by atoms with Gasteiger partial charge in [0.05, 0.1) is 13.1 Å². The molecule has 0 aliphatic rings. The Hall–Kier alpha value is -2.09. The molecule has 0 aliphatic carbocycles. The fourth-order valence-corrected chi connectivity index (χ4v) is 2.68. The van der Waals surface area contributed by atoms with E-state index in [-0.39, 0.29) is 36.4 Å². The topological polar surface area (TPSA) is 56.7 Å². The number of amides is 1. The van der Waals surface area contributed by atoms with Crippen molar-refractivity contribution in [2.24, 2.45) is 4.99 Å². The molecule has 6 heteroatoms. The number of nitrogens with zero attached hydrogens (tertiary/aromatic N) is 2. The highest BCUT2D eigenvalue weighted by Crippen LogP contribution is 2.10. The quantitative estimate of drug-likeness (QED) is 0.337. The molecule has 152 valence electrons. The minimum atomic E-state index is 0. The first-order valence-electron chi connectivity index (χ1n) is 9.43. The molecule has 0 heterocycles. The molecular formula is C22H31IN4O. The number of aryl methyl sites for hydroxylation is 1. The summed E-state index contributed by atoms with van der Waals surface area (Å²) >= 11 is 0. The lowest BCUT2D eigenvalue weighted by atomic mass is 10.1. The Morgan fingerprint density at radius 2 is 1.61 bits per heavy atom. The van der Waals surface area contributed by atoms with Gasteiger partial charge in [0.2, 0.25) is 5.91 Å². The largest absolute Gasteiger partial charge is 0.356 e. The molecule has 0 saturated heterocycles. The second-order valence-corrected chi connectivity index (χ2v) is 6.59. The molecule has 2 N–H and O–H groups in total.